The standard InChI is InChI=1S/C14H12N2O/c1-3-10-8-9(2)14(17)16-12-7-5-4-6-11(12)15-13(10)16/h3-7H,2,8H2,1H3/b10-3+. The van der Waals surface area contributed by atoms with Crippen molar-refractivity contribution in [2.24, 2.45) is 0 Å². The molecule has 2 heterocycles. The number of fused-ring (bicyclic) bond motifs is 3. The number of carbonyl (C=O) groups excluding carboxylic acids is 1. The van der Waals surface area contributed by atoms with Gasteiger partial charge in [0.15, 0.2) is 0 Å². The summed E-state index contributed by atoms with van der Waals surface area (Å²) in [5.41, 5.74) is 3.39. The number of nitrogens with zero attached hydrogens (tertiary/aromatic N) is 2. The van der Waals surface area contributed by atoms with E-state index in [0.717, 1.165) is 22.4 Å². The number of hydrogen-bond acceptors (Lipinski definition) is 2. The average Bonchev–Trinajstić information content (AvgIpc) is 2.73. The lowest BCUT2D eigenvalue weighted by molar-refractivity contribution is 0.0953. The van der Waals surface area contributed by atoms with E-state index in [2.05, 4.69) is 11.6 Å². The molecule has 2 aromatic rings. The van der Waals surface area contributed by atoms with E-state index >= 15 is 0 Å². The van der Waals surface area contributed by atoms with Gasteiger partial charge in [-0.15, -0.1) is 0 Å². The number of rotatable bonds is 0. The molecule has 17 heavy (non-hydrogen) atoms. The van der Waals surface area contributed by atoms with Gasteiger partial charge < -0.3 is 0 Å². The van der Waals surface area contributed by atoms with Crippen molar-refractivity contribution in [2.45, 2.75) is 13.3 Å². The Bertz CT molecular complexity index is 677. The largest absolute Gasteiger partial charge is 0.269 e. The number of imidazole rings is 1. The van der Waals surface area contributed by atoms with Gasteiger partial charge in [0.25, 0.3) is 5.91 Å². The predicted molar refractivity (Wildman–Crippen MR) is 67.8 cm³/mol. The second-order valence-corrected chi connectivity index (χ2v) is 4.16. The first-order valence-electron chi connectivity index (χ1n) is 5.58. The van der Waals surface area contributed by atoms with Gasteiger partial charge in [-0.05, 0) is 24.6 Å². The van der Waals surface area contributed by atoms with Crippen molar-refractivity contribution in [2.75, 3.05) is 0 Å². The Morgan fingerprint density at radius 3 is 2.94 bits per heavy atom. The summed E-state index contributed by atoms with van der Waals surface area (Å²) in [6.07, 6.45) is 2.59. The molecule has 1 aromatic carbocycles. The number of allylic oxidation sites excluding steroid dienone is 3. The van der Waals surface area contributed by atoms with Crippen molar-refractivity contribution in [1.29, 1.82) is 0 Å². The molecule has 0 bridgehead atoms. The molecular formula is C14H12N2O. The van der Waals surface area contributed by atoms with E-state index in [0.29, 0.717) is 12.0 Å². The lowest BCUT2D eigenvalue weighted by Gasteiger charge is -2.17. The van der Waals surface area contributed by atoms with Gasteiger partial charge in [0, 0.05) is 12.0 Å². The Hall–Kier alpha value is -2.16. The highest BCUT2D eigenvalue weighted by Gasteiger charge is 2.26. The Kier molecular flexibility index (Phi) is 2.01. The summed E-state index contributed by atoms with van der Waals surface area (Å²) in [6.45, 7) is 5.80. The number of hydrogen-bond donors (Lipinski definition) is 0. The van der Waals surface area contributed by atoms with Crippen molar-refractivity contribution < 1.29 is 4.79 Å². The van der Waals surface area contributed by atoms with Crippen molar-refractivity contribution in [3.63, 3.8) is 0 Å². The number of aromatic nitrogens is 2. The van der Waals surface area contributed by atoms with Crippen LogP contribution in [0.1, 0.15) is 24.0 Å². The van der Waals surface area contributed by atoms with Crippen LogP contribution in [0.15, 0.2) is 42.5 Å². The molecule has 3 rings (SSSR count). The molecular weight excluding hydrogens is 212 g/mol. The fourth-order valence-electron chi connectivity index (χ4n) is 2.22. The highest BCUT2D eigenvalue weighted by Crippen LogP contribution is 2.31. The molecule has 1 aliphatic rings. The van der Waals surface area contributed by atoms with E-state index in [1.54, 1.807) is 4.57 Å². The Balaban J connectivity index is 2.43. The van der Waals surface area contributed by atoms with Crippen LogP contribution in [0.25, 0.3) is 16.6 Å². The van der Waals surface area contributed by atoms with E-state index in [1.165, 1.54) is 0 Å². The number of carbonyl (C=O) groups is 1. The summed E-state index contributed by atoms with van der Waals surface area (Å²) in [6, 6.07) is 7.67. The zero-order valence-corrected chi connectivity index (χ0v) is 9.60. The lowest BCUT2D eigenvalue weighted by Crippen LogP contribution is -2.20. The fraction of sp³-hybridized carbons (Fsp3) is 0.143. The van der Waals surface area contributed by atoms with Gasteiger partial charge in [-0.1, -0.05) is 24.8 Å². The molecule has 0 unspecified atom stereocenters. The van der Waals surface area contributed by atoms with E-state index in [-0.39, 0.29) is 5.91 Å². The zero-order valence-electron chi connectivity index (χ0n) is 9.60. The molecule has 1 aliphatic heterocycles. The van der Waals surface area contributed by atoms with Gasteiger partial charge in [0.1, 0.15) is 5.82 Å². The summed E-state index contributed by atoms with van der Waals surface area (Å²) in [7, 11) is 0. The average molecular weight is 224 g/mol. The summed E-state index contributed by atoms with van der Waals surface area (Å²) >= 11 is 0. The van der Waals surface area contributed by atoms with Crippen LogP contribution in [-0.2, 0) is 0 Å². The first-order valence-corrected chi connectivity index (χ1v) is 5.58. The third kappa shape index (κ3) is 1.29. The van der Waals surface area contributed by atoms with E-state index in [9.17, 15) is 4.79 Å². The molecule has 84 valence electrons. The van der Waals surface area contributed by atoms with Crippen LogP contribution >= 0.6 is 0 Å². The highest BCUT2D eigenvalue weighted by atomic mass is 16.2. The van der Waals surface area contributed by atoms with Crippen LogP contribution in [0.4, 0.5) is 0 Å². The predicted octanol–water partition coefficient (Wildman–Crippen LogP) is 3.04. The summed E-state index contributed by atoms with van der Waals surface area (Å²) < 4.78 is 1.66. The van der Waals surface area contributed by atoms with Crippen LogP contribution < -0.4 is 0 Å². The molecule has 0 spiro atoms. The minimum absolute atomic E-state index is 0.0423. The van der Waals surface area contributed by atoms with Crippen molar-refractivity contribution in [3.8, 4) is 0 Å². The van der Waals surface area contributed by atoms with Crippen LogP contribution in [0.5, 0.6) is 0 Å². The molecule has 0 fully saturated rings. The Morgan fingerprint density at radius 1 is 1.41 bits per heavy atom. The summed E-state index contributed by atoms with van der Waals surface area (Å²) in [4.78, 5) is 16.7. The van der Waals surface area contributed by atoms with Crippen LogP contribution in [0, 0.1) is 0 Å². The quantitative estimate of drug-likeness (QED) is 0.645. The first-order chi connectivity index (χ1) is 8.22. The highest BCUT2D eigenvalue weighted by molar-refractivity contribution is 6.06. The maximum absolute atomic E-state index is 12.1. The normalized spacial score (nSPS) is 17.8. The molecule has 0 radical (unpaired) electrons. The van der Waals surface area contributed by atoms with Gasteiger partial charge in [0.2, 0.25) is 0 Å². The molecule has 1 aromatic heterocycles. The second kappa shape index (κ2) is 3.42. The third-order valence-electron chi connectivity index (χ3n) is 3.11. The lowest BCUT2D eigenvalue weighted by atomic mass is 10.0. The zero-order chi connectivity index (χ0) is 12.0. The molecule has 0 saturated heterocycles. The summed E-state index contributed by atoms with van der Waals surface area (Å²) in [5, 5.41) is 0. The fourth-order valence-corrected chi connectivity index (χ4v) is 2.22. The molecule has 0 saturated carbocycles. The molecule has 0 N–H and O–H groups in total. The third-order valence-corrected chi connectivity index (χ3v) is 3.11. The minimum atomic E-state index is -0.0423. The van der Waals surface area contributed by atoms with Gasteiger partial charge in [-0.3, -0.25) is 9.36 Å². The maximum atomic E-state index is 12.1. The SMILES string of the molecule is C=C1C/C(=C\C)c2nc3ccccc3n2C1=O. The maximum Gasteiger partial charge on any atom is 0.259 e. The topological polar surface area (TPSA) is 34.9 Å². The van der Waals surface area contributed by atoms with Crippen LogP contribution in [-0.4, -0.2) is 15.5 Å². The molecule has 0 atom stereocenters. The Morgan fingerprint density at radius 2 is 2.18 bits per heavy atom. The molecule has 0 amide bonds. The molecule has 3 heteroatoms. The minimum Gasteiger partial charge on any atom is -0.269 e. The molecule has 0 aliphatic carbocycles. The smallest absolute Gasteiger partial charge is 0.259 e. The summed E-state index contributed by atoms with van der Waals surface area (Å²) in [5.74, 6) is 0.713. The van der Waals surface area contributed by atoms with E-state index in [4.69, 9.17) is 0 Å². The van der Waals surface area contributed by atoms with Gasteiger partial charge in [-0.25, -0.2) is 4.98 Å². The number of para-hydroxylation sites is 2. The molecule has 3 nitrogen and oxygen atoms in total. The van der Waals surface area contributed by atoms with Gasteiger partial charge in [0.05, 0.1) is 11.0 Å². The number of benzene rings is 1. The van der Waals surface area contributed by atoms with E-state index < -0.39 is 0 Å². The van der Waals surface area contributed by atoms with Crippen molar-refractivity contribution in [1.82, 2.24) is 9.55 Å². The van der Waals surface area contributed by atoms with Crippen molar-refractivity contribution in [3.05, 3.63) is 48.3 Å². The van der Waals surface area contributed by atoms with Gasteiger partial charge >= 0.3 is 0 Å². The van der Waals surface area contributed by atoms with Gasteiger partial charge in [-0.2, -0.15) is 0 Å². The monoisotopic (exact) mass is 224 g/mol. The van der Waals surface area contributed by atoms with E-state index in [1.807, 2.05) is 37.3 Å². The van der Waals surface area contributed by atoms with Crippen molar-refractivity contribution >= 4 is 22.5 Å². The van der Waals surface area contributed by atoms with Crippen LogP contribution in [0.3, 0.4) is 0 Å². The second-order valence-electron chi connectivity index (χ2n) is 4.16. The first kappa shape index (κ1) is 10.0. The Labute approximate surface area is 99.1 Å². The van der Waals surface area contributed by atoms with Crippen LogP contribution in [0.2, 0.25) is 0 Å².